The lowest BCUT2D eigenvalue weighted by molar-refractivity contribution is 0.266. The lowest BCUT2D eigenvalue weighted by Crippen LogP contribution is -2.40. The van der Waals surface area contributed by atoms with E-state index < -0.39 is 0 Å². The second kappa shape index (κ2) is 6.26. The van der Waals surface area contributed by atoms with Crippen LogP contribution in [0.15, 0.2) is 70.6 Å². The van der Waals surface area contributed by atoms with Gasteiger partial charge in [-0.25, -0.2) is 15.0 Å². The summed E-state index contributed by atoms with van der Waals surface area (Å²) < 4.78 is 0.955. The van der Waals surface area contributed by atoms with E-state index in [0.717, 1.165) is 15.2 Å². The van der Waals surface area contributed by atoms with E-state index in [2.05, 4.69) is 9.98 Å². The number of halogens is 2. The maximum absolute atomic E-state index is 5.87. The Morgan fingerprint density at radius 2 is 1.43 bits per heavy atom. The Labute approximate surface area is 133 Å². The molecule has 6 heteroatoms. The molecular weight excluding hydrogens is 307 g/mol. The maximum Gasteiger partial charge on any atom is 0.158 e. The van der Waals surface area contributed by atoms with Gasteiger partial charge in [-0.1, -0.05) is 60.7 Å². The van der Waals surface area contributed by atoms with Gasteiger partial charge in [0.05, 0.1) is 0 Å². The van der Waals surface area contributed by atoms with Gasteiger partial charge in [0.1, 0.15) is 6.67 Å². The minimum absolute atomic E-state index is 0.310. The molecule has 0 fully saturated rings. The molecule has 1 aliphatic rings. The van der Waals surface area contributed by atoms with Crippen LogP contribution in [0.25, 0.3) is 0 Å². The van der Waals surface area contributed by atoms with Gasteiger partial charge in [0.2, 0.25) is 0 Å². The summed E-state index contributed by atoms with van der Waals surface area (Å²) in [5.41, 5.74) is 1.88. The van der Waals surface area contributed by atoms with E-state index in [0.29, 0.717) is 18.3 Å². The molecule has 0 spiro atoms. The number of hydrazine groups is 1. The molecule has 0 saturated heterocycles. The van der Waals surface area contributed by atoms with Gasteiger partial charge in [-0.2, -0.15) is 0 Å². The molecule has 2 aromatic carbocycles. The zero-order valence-corrected chi connectivity index (χ0v) is 12.5. The molecule has 21 heavy (non-hydrogen) atoms. The van der Waals surface area contributed by atoms with Crippen molar-refractivity contribution >= 4 is 35.2 Å². The summed E-state index contributed by atoms with van der Waals surface area (Å²) >= 11 is 11.7. The lowest BCUT2D eigenvalue weighted by atomic mass is 10.1. The molecule has 3 rings (SSSR count). The van der Waals surface area contributed by atoms with Gasteiger partial charge >= 0.3 is 0 Å². The highest BCUT2D eigenvalue weighted by Crippen LogP contribution is 2.18. The molecule has 0 radical (unpaired) electrons. The van der Waals surface area contributed by atoms with Gasteiger partial charge < -0.3 is 0 Å². The van der Waals surface area contributed by atoms with Crippen molar-refractivity contribution in [2.45, 2.75) is 0 Å². The zero-order chi connectivity index (χ0) is 14.7. The van der Waals surface area contributed by atoms with E-state index in [1.807, 2.05) is 60.7 Å². The highest BCUT2D eigenvalue weighted by atomic mass is 35.5. The average Bonchev–Trinajstić information content (AvgIpc) is 2.56. The van der Waals surface area contributed by atoms with Crippen molar-refractivity contribution in [2.75, 3.05) is 6.67 Å². The van der Waals surface area contributed by atoms with E-state index in [4.69, 9.17) is 23.6 Å². The molecule has 0 N–H and O–H groups in total. The third kappa shape index (κ3) is 3.08. The van der Waals surface area contributed by atoms with Gasteiger partial charge in [-0.05, 0) is 4.05 Å². The molecule has 0 amide bonds. The van der Waals surface area contributed by atoms with Gasteiger partial charge in [-0.3, -0.25) is 0 Å². The summed E-state index contributed by atoms with van der Waals surface area (Å²) in [6.45, 7) is 0.310. The molecule has 1 heterocycles. The Bertz CT molecular complexity index is 669. The van der Waals surface area contributed by atoms with Crippen LogP contribution in [0.2, 0.25) is 0 Å². The molecular formula is C15H12Cl2N4. The number of rotatable bonds is 3. The minimum Gasteiger partial charge on any atom is -0.243 e. The fourth-order valence-electron chi connectivity index (χ4n) is 2.06. The molecule has 1 aliphatic heterocycles. The predicted octanol–water partition coefficient (Wildman–Crippen LogP) is 3.68. The van der Waals surface area contributed by atoms with Gasteiger partial charge in [0.25, 0.3) is 0 Å². The second-order valence-electron chi connectivity index (χ2n) is 4.41. The molecule has 0 bridgehead atoms. The molecule has 106 valence electrons. The molecule has 0 unspecified atom stereocenters. The van der Waals surface area contributed by atoms with Crippen LogP contribution in [0.1, 0.15) is 11.1 Å². The third-order valence-corrected chi connectivity index (χ3v) is 3.42. The Kier molecular flexibility index (Phi) is 4.20. The SMILES string of the molecule is ClN(Cl)N1CN=C(c2ccccc2)N=C1c1ccccc1. The highest BCUT2D eigenvalue weighted by Gasteiger charge is 2.23. The summed E-state index contributed by atoms with van der Waals surface area (Å²) in [5, 5.41) is 1.59. The maximum atomic E-state index is 5.87. The Morgan fingerprint density at radius 1 is 0.857 bits per heavy atom. The lowest BCUT2D eigenvalue weighted by Gasteiger charge is -2.28. The topological polar surface area (TPSA) is 31.2 Å². The number of nitrogens with zero attached hydrogens (tertiary/aromatic N) is 4. The van der Waals surface area contributed by atoms with Crippen molar-refractivity contribution in [2.24, 2.45) is 9.98 Å². The van der Waals surface area contributed by atoms with Gasteiger partial charge in [-0.15, -0.1) is 0 Å². The van der Waals surface area contributed by atoms with Crippen molar-refractivity contribution in [3.05, 3.63) is 71.8 Å². The first-order valence-corrected chi connectivity index (χ1v) is 7.06. The molecule has 0 aliphatic carbocycles. The van der Waals surface area contributed by atoms with E-state index in [9.17, 15) is 0 Å². The van der Waals surface area contributed by atoms with E-state index in [1.54, 1.807) is 5.01 Å². The summed E-state index contributed by atoms with van der Waals surface area (Å²) in [5.74, 6) is 1.33. The zero-order valence-electron chi connectivity index (χ0n) is 11.0. The smallest absolute Gasteiger partial charge is 0.158 e. The quantitative estimate of drug-likeness (QED) is 0.808. The predicted molar refractivity (Wildman–Crippen MR) is 86.2 cm³/mol. The van der Waals surface area contributed by atoms with Crippen LogP contribution < -0.4 is 0 Å². The van der Waals surface area contributed by atoms with Crippen LogP contribution in [0.5, 0.6) is 0 Å². The minimum atomic E-state index is 0.310. The first-order valence-electron chi connectivity index (χ1n) is 6.39. The standard InChI is InChI=1S/C15H12Cl2N4/c16-21(17)20-11-18-14(12-7-3-1-4-8-12)19-15(20)13-9-5-2-6-10-13/h1-10H,11H2. The van der Waals surface area contributed by atoms with Crippen LogP contribution in [0, 0.1) is 0 Å². The monoisotopic (exact) mass is 318 g/mol. The van der Waals surface area contributed by atoms with E-state index >= 15 is 0 Å². The van der Waals surface area contributed by atoms with Crippen molar-refractivity contribution in [1.29, 1.82) is 0 Å². The third-order valence-electron chi connectivity index (χ3n) is 3.06. The number of amidine groups is 2. The number of hydrogen-bond acceptors (Lipinski definition) is 4. The Hall–Kier alpha value is -1.88. The Balaban J connectivity index is 2.02. The molecule has 4 nitrogen and oxygen atoms in total. The van der Waals surface area contributed by atoms with Crippen molar-refractivity contribution in [1.82, 2.24) is 9.06 Å². The first-order chi connectivity index (χ1) is 10.3. The molecule has 2 aromatic rings. The summed E-state index contributed by atoms with van der Waals surface area (Å²) in [6.07, 6.45) is 0. The van der Waals surface area contributed by atoms with Crippen molar-refractivity contribution < 1.29 is 0 Å². The summed E-state index contributed by atoms with van der Waals surface area (Å²) in [7, 11) is 0. The van der Waals surface area contributed by atoms with Crippen molar-refractivity contribution in [3.8, 4) is 0 Å². The van der Waals surface area contributed by atoms with E-state index in [1.165, 1.54) is 0 Å². The number of hydrogen-bond donors (Lipinski definition) is 0. The summed E-state index contributed by atoms with van der Waals surface area (Å²) in [4.78, 5) is 9.03. The normalized spacial score (nSPS) is 14.9. The largest absolute Gasteiger partial charge is 0.243 e. The van der Waals surface area contributed by atoms with Crippen LogP contribution >= 0.6 is 23.6 Å². The second-order valence-corrected chi connectivity index (χ2v) is 5.22. The fourth-order valence-corrected chi connectivity index (χ4v) is 2.30. The van der Waals surface area contributed by atoms with Crippen LogP contribution in [0.4, 0.5) is 0 Å². The molecule has 0 aromatic heterocycles. The highest BCUT2D eigenvalue weighted by molar-refractivity contribution is 6.34. The number of aliphatic imine (C=N–C) groups is 2. The van der Waals surface area contributed by atoms with E-state index in [-0.39, 0.29) is 0 Å². The van der Waals surface area contributed by atoms with Crippen LogP contribution in [0.3, 0.4) is 0 Å². The van der Waals surface area contributed by atoms with Crippen molar-refractivity contribution in [3.63, 3.8) is 0 Å². The fraction of sp³-hybridized carbons (Fsp3) is 0.0667. The van der Waals surface area contributed by atoms with Crippen LogP contribution in [-0.4, -0.2) is 27.4 Å². The van der Waals surface area contributed by atoms with Gasteiger partial charge in [0, 0.05) is 34.7 Å². The molecule has 0 atom stereocenters. The van der Waals surface area contributed by atoms with Crippen LogP contribution in [-0.2, 0) is 0 Å². The molecule has 0 saturated carbocycles. The first kappa shape index (κ1) is 14.1. The number of benzene rings is 2. The van der Waals surface area contributed by atoms with Gasteiger partial charge in [0.15, 0.2) is 11.7 Å². The summed E-state index contributed by atoms with van der Waals surface area (Å²) in [6, 6.07) is 19.6. The average molecular weight is 319 g/mol. The Morgan fingerprint density at radius 3 is 2.00 bits per heavy atom.